The Morgan fingerprint density at radius 3 is 2.22 bits per heavy atom. The minimum Gasteiger partial charge on any atom is -0.310 e. The van der Waals surface area contributed by atoms with E-state index in [1.54, 1.807) is 0 Å². The topological polar surface area (TPSA) is 12.0 Å². The van der Waals surface area contributed by atoms with Gasteiger partial charge in [0.25, 0.3) is 0 Å². The van der Waals surface area contributed by atoms with E-state index in [0.717, 1.165) is 18.9 Å². The molecule has 1 nitrogen and oxygen atoms in total. The molecule has 0 aromatic heterocycles. The van der Waals surface area contributed by atoms with E-state index in [1.165, 1.54) is 30.4 Å². The lowest BCUT2D eigenvalue weighted by atomic mass is 9.86. The zero-order valence-electron chi connectivity index (χ0n) is 12.5. The Balaban J connectivity index is 2.99. The number of rotatable bonds is 8. The fraction of sp³-hybridized carbons (Fsp3) is 0.647. The molecular weight excluding hydrogens is 218 g/mol. The summed E-state index contributed by atoms with van der Waals surface area (Å²) in [5.41, 5.74) is 3.01. The Hall–Kier alpha value is -0.820. The van der Waals surface area contributed by atoms with Gasteiger partial charge in [0.1, 0.15) is 0 Å². The van der Waals surface area contributed by atoms with Crippen molar-refractivity contribution in [3.8, 4) is 0 Å². The maximum Gasteiger partial charge on any atom is 0.0351 e. The van der Waals surface area contributed by atoms with Crippen molar-refractivity contribution < 1.29 is 0 Å². The van der Waals surface area contributed by atoms with Gasteiger partial charge in [-0.3, -0.25) is 0 Å². The van der Waals surface area contributed by atoms with E-state index in [1.807, 2.05) is 0 Å². The Morgan fingerprint density at radius 1 is 1.00 bits per heavy atom. The molecule has 0 saturated carbocycles. The van der Waals surface area contributed by atoms with Gasteiger partial charge in [-0.25, -0.2) is 0 Å². The van der Waals surface area contributed by atoms with Gasteiger partial charge in [-0.15, -0.1) is 0 Å². The first-order chi connectivity index (χ1) is 8.78. The van der Waals surface area contributed by atoms with Crippen LogP contribution in [0, 0.1) is 5.92 Å². The van der Waals surface area contributed by atoms with E-state index in [9.17, 15) is 0 Å². The lowest BCUT2D eigenvalue weighted by Crippen LogP contribution is -2.29. The van der Waals surface area contributed by atoms with Gasteiger partial charge < -0.3 is 5.32 Å². The average Bonchev–Trinajstić information content (AvgIpc) is 2.43. The first-order valence-corrected chi connectivity index (χ1v) is 7.59. The van der Waals surface area contributed by atoms with E-state index >= 15 is 0 Å². The SMILES string of the molecule is CCCNC(c1ccccc1CC)C(CC)CC. The van der Waals surface area contributed by atoms with Gasteiger partial charge in [-0.05, 0) is 36.4 Å². The maximum absolute atomic E-state index is 3.76. The molecule has 0 aliphatic rings. The Kier molecular flexibility index (Phi) is 7.04. The van der Waals surface area contributed by atoms with E-state index in [2.05, 4.69) is 57.3 Å². The van der Waals surface area contributed by atoms with E-state index in [-0.39, 0.29) is 0 Å². The van der Waals surface area contributed by atoms with Gasteiger partial charge in [0.15, 0.2) is 0 Å². The molecule has 0 saturated heterocycles. The summed E-state index contributed by atoms with van der Waals surface area (Å²) in [5, 5.41) is 3.76. The monoisotopic (exact) mass is 247 g/mol. The molecule has 0 bridgehead atoms. The molecule has 1 N–H and O–H groups in total. The third kappa shape index (κ3) is 3.84. The number of hydrogen-bond donors (Lipinski definition) is 1. The Morgan fingerprint density at radius 2 is 1.67 bits per heavy atom. The molecule has 1 unspecified atom stereocenters. The molecule has 0 amide bonds. The van der Waals surface area contributed by atoms with Crippen molar-refractivity contribution in [2.45, 2.75) is 59.4 Å². The maximum atomic E-state index is 3.76. The van der Waals surface area contributed by atoms with Crippen molar-refractivity contribution in [3.63, 3.8) is 0 Å². The van der Waals surface area contributed by atoms with Crippen LogP contribution >= 0.6 is 0 Å². The van der Waals surface area contributed by atoms with Crippen LogP contribution in [0.15, 0.2) is 24.3 Å². The second-order valence-electron chi connectivity index (χ2n) is 5.06. The summed E-state index contributed by atoms with van der Waals surface area (Å²) >= 11 is 0. The third-order valence-corrected chi connectivity index (χ3v) is 3.91. The lowest BCUT2D eigenvalue weighted by Gasteiger charge is -2.28. The van der Waals surface area contributed by atoms with Crippen LogP contribution in [-0.2, 0) is 6.42 Å². The van der Waals surface area contributed by atoms with Crippen LogP contribution in [0.5, 0.6) is 0 Å². The van der Waals surface area contributed by atoms with Crippen LogP contribution in [0.1, 0.15) is 64.1 Å². The fourth-order valence-corrected chi connectivity index (χ4v) is 2.75. The van der Waals surface area contributed by atoms with Gasteiger partial charge >= 0.3 is 0 Å². The summed E-state index contributed by atoms with van der Waals surface area (Å²) in [5.74, 6) is 0.740. The van der Waals surface area contributed by atoms with Gasteiger partial charge in [0.05, 0.1) is 0 Å². The number of benzene rings is 1. The molecule has 18 heavy (non-hydrogen) atoms. The van der Waals surface area contributed by atoms with Crippen molar-refractivity contribution >= 4 is 0 Å². The van der Waals surface area contributed by atoms with Gasteiger partial charge in [0.2, 0.25) is 0 Å². The predicted octanol–water partition coefficient (Wildman–Crippen LogP) is 4.73. The molecule has 0 fully saturated rings. The Bertz CT molecular complexity index is 328. The summed E-state index contributed by atoms with van der Waals surface area (Å²) in [4.78, 5) is 0. The van der Waals surface area contributed by atoms with E-state index in [0.29, 0.717) is 6.04 Å². The molecule has 0 aliphatic carbocycles. The van der Waals surface area contributed by atoms with Crippen molar-refractivity contribution in [2.75, 3.05) is 6.54 Å². The molecule has 1 heteroatoms. The van der Waals surface area contributed by atoms with Crippen molar-refractivity contribution in [1.29, 1.82) is 0 Å². The van der Waals surface area contributed by atoms with E-state index in [4.69, 9.17) is 0 Å². The predicted molar refractivity (Wildman–Crippen MR) is 80.9 cm³/mol. The molecule has 102 valence electrons. The summed E-state index contributed by atoms with van der Waals surface area (Å²) < 4.78 is 0. The minimum absolute atomic E-state index is 0.524. The fourth-order valence-electron chi connectivity index (χ4n) is 2.75. The van der Waals surface area contributed by atoms with Crippen molar-refractivity contribution in [3.05, 3.63) is 35.4 Å². The number of hydrogen-bond acceptors (Lipinski definition) is 1. The third-order valence-electron chi connectivity index (χ3n) is 3.91. The molecule has 1 aromatic carbocycles. The summed E-state index contributed by atoms with van der Waals surface area (Å²) in [6, 6.07) is 9.45. The van der Waals surface area contributed by atoms with Crippen LogP contribution in [0.25, 0.3) is 0 Å². The zero-order chi connectivity index (χ0) is 13.4. The number of nitrogens with one attached hydrogen (secondary N) is 1. The molecule has 0 heterocycles. The highest BCUT2D eigenvalue weighted by atomic mass is 14.9. The highest BCUT2D eigenvalue weighted by Crippen LogP contribution is 2.29. The molecule has 1 aromatic rings. The normalized spacial score (nSPS) is 12.9. The van der Waals surface area contributed by atoms with Gasteiger partial charge in [0, 0.05) is 6.04 Å². The first-order valence-electron chi connectivity index (χ1n) is 7.59. The van der Waals surface area contributed by atoms with Crippen LogP contribution in [0.4, 0.5) is 0 Å². The van der Waals surface area contributed by atoms with Crippen molar-refractivity contribution in [2.24, 2.45) is 5.92 Å². The highest BCUT2D eigenvalue weighted by Gasteiger charge is 2.21. The Labute approximate surface area is 113 Å². The van der Waals surface area contributed by atoms with Gasteiger partial charge in [-0.2, -0.15) is 0 Å². The van der Waals surface area contributed by atoms with E-state index < -0.39 is 0 Å². The second-order valence-corrected chi connectivity index (χ2v) is 5.06. The molecule has 1 rings (SSSR count). The molecule has 0 spiro atoms. The number of aryl methyl sites for hydroxylation is 1. The molecular formula is C17H29N. The van der Waals surface area contributed by atoms with Crippen molar-refractivity contribution in [1.82, 2.24) is 5.32 Å². The smallest absolute Gasteiger partial charge is 0.0351 e. The minimum atomic E-state index is 0.524. The molecule has 0 radical (unpaired) electrons. The lowest BCUT2D eigenvalue weighted by molar-refractivity contribution is 0.340. The molecule has 0 aliphatic heterocycles. The summed E-state index contributed by atoms with van der Waals surface area (Å²) in [6.45, 7) is 10.2. The van der Waals surface area contributed by atoms with Crippen LogP contribution in [-0.4, -0.2) is 6.54 Å². The first kappa shape index (κ1) is 15.2. The quantitative estimate of drug-likeness (QED) is 0.700. The average molecular weight is 247 g/mol. The standard InChI is InChI=1S/C17H29N/c1-5-13-18-17(14(6-2)7-3)16-12-10-9-11-15(16)8-4/h9-12,14,17-18H,5-8,13H2,1-4H3. The van der Waals surface area contributed by atoms with Crippen LogP contribution in [0.3, 0.4) is 0 Å². The highest BCUT2D eigenvalue weighted by molar-refractivity contribution is 5.30. The molecule has 1 atom stereocenters. The summed E-state index contributed by atoms with van der Waals surface area (Å²) in [6.07, 6.45) is 4.82. The largest absolute Gasteiger partial charge is 0.310 e. The van der Waals surface area contributed by atoms with Gasteiger partial charge in [-0.1, -0.05) is 64.8 Å². The second kappa shape index (κ2) is 8.31. The summed E-state index contributed by atoms with van der Waals surface area (Å²) in [7, 11) is 0. The zero-order valence-corrected chi connectivity index (χ0v) is 12.5. The van der Waals surface area contributed by atoms with Crippen LogP contribution in [0.2, 0.25) is 0 Å². The van der Waals surface area contributed by atoms with Crippen LogP contribution < -0.4 is 5.32 Å².